The van der Waals surface area contributed by atoms with E-state index in [1.54, 1.807) is 18.2 Å². The molecule has 1 aliphatic rings. The normalized spacial score (nSPS) is 15.8. The van der Waals surface area contributed by atoms with Gasteiger partial charge in [0, 0.05) is 42.0 Å². The Bertz CT molecular complexity index is 924. The Morgan fingerprint density at radius 3 is 2.16 bits per heavy atom. The monoisotopic (exact) mass is 506 g/mol. The Balaban J connectivity index is 1.82. The summed E-state index contributed by atoms with van der Waals surface area (Å²) >= 11 is 3.35. The minimum Gasteiger partial charge on any atom is -0.351 e. The maximum absolute atomic E-state index is 13.5. The summed E-state index contributed by atoms with van der Waals surface area (Å²) in [5, 5.41) is 7.99. The molecule has 1 saturated heterocycles. The van der Waals surface area contributed by atoms with Crippen LogP contribution in [0.5, 0.6) is 0 Å². The fraction of sp³-hybridized carbons (Fsp3) is 0.286. The molecule has 1 atom stereocenters. The second-order valence-corrected chi connectivity index (χ2v) is 7.99. The number of nitrogens with zero attached hydrogens (tertiary/aromatic N) is 2. The zero-order valence-electron chi connectivity index (χ0n) is 17.2. The van der Waals surface area contributed by atoms with E-state index in [0.717, 1.165) is 4.47 Å². The molecule has 170 valence electrons. The van der Waals surface area contributed by atoms with Gasteiger partial charge < -0.3 is 21.7 Å². The molecule has 5 amide bonds. The second-order valence-electron chi connectivity index (χ2n) is 7.07. The van der Waals surface area contributed by atoms with E-state index >= 15 is 0 Å². The molecule has 3 rings (SSSR count). The van der Waals surface area contributed by atoms with Crippen molar-refractivity contribution in [3.05, 3.63) is 58.8 Å². The number of nitrogens with one attached hydrogen (secondary N) is 3. The summed E-state index contributed by atoms with van der Waals surface area (Å²) in [4.78, 5) is 41.5. The molecule has 11 heteroatoms. The standard InChI is InChI=1S/C21H24BrFN6O3/c22-14-4-1-6-16(12-14)26-20(31)28-10-3-11-29(19(28)18(30)25-9-8-24)21(32)27-17-7-2-5-15(23)13-17/h1-2,4-7,12-13,19H,3,8-11,24H2,(H,25,30)(H,26,31)(H,27,32). The highest BCUT2D eigenvalue weighted by Crippen LogP contribution is 2.21. The topological polar surface area (TPSA) is 120 Å². The van der Waals surface area contributed by atoms with Crippen LogP contribution in [0.4, 0.5) is 25.4 Å². The van der Waals surface area contributed by atoms with Gasteiger partial charge in [-0.1, -0.05) is 28.1 Å². The highest BCUT2D eigenvalue weighted by Gasteiger charge is 2.40. The van der Waals surface area contributed by atoms with Gasteiger partial charge in [0.25, 0.3) is 5.91 Å². The van der Waals surface area contributed by atoms with Crippen LogP contribution >= 0.6 is 15.9 Å². The Labute approximate surface area is 193 Å². The summed E-state index contributed by atoms with van der Waals surface area (Å²) in [6, 6.07) is 11.3. The Morgan fingerprint density at radius 1 is 1.00 bits per heavy atom. The molecule has 0 saturated carbocycles. The maximum atomic E-state index is 13.5. The molecule has 1 aliphatic heterocycles. The first kappa shape index (κ1) is 23.5. The van der Waals surface area contributed by atoms with Crippen LogP contribution < -0.4 is 21.7 Å². The summed E-state index contributed by atoms with van der Waals surface area (Å²) in [5.74, 6) is -1.04. The maximum Gasteiger partial charge on any atom is 0.323 e. The number of benzene rings is 2. The molecule has 32 heavy (non-hydrogen) atoms. The van der Waals surface area contributed by atoms with Crippen molar-refractivity contribution in [1.82, 2.24) is 15.1 Å². The summed E-state index contributed by atoms with van der Waals surface area (Å²) in [5.41, 5.74) is 6.26. The molecule has 0 radical (unpaired) electrons. The molecule has 1 unspecified atom stereocenters. The number of rotatable bonds is 5. The van der Waals surface area contributed by atoms with Gasteiger partial charge in [-0.25, -0.2) is 14.0 Å². The van der Waals surface area contributed by atoms with Gasteiger partial charge in [-0.3, -0.25) is 14.6 Å². The predicted molar refractivity (Wildman–Crippen MR) is 122 cm³/mol. The highest BCUT2D eigenvalue weighted by molar-refractivity contribution is 9.10. The number of hydrogen-bond donors (Lipinski definition) is 4. The van der Waals surface area contributed by atoms with Crippen molar-refractivity contribution >= 4 is 45.3 Å². The largest absolute Gasteiger partial charge is 0.351 e. The van der Waals surface area contributed by atoms with E-state index in [-0.39, 0.29) is 31.9 Å². The highest BCUT2D eigenvalue weighted by atomic mass is 79.9. The molecular weight excluding hydrogens is 483 g/mol. The van der Waals surface area contributed by atoms with Crippen LogP contribution in [-0.2, 0) is 4.79 Å². The number of urea groups is 2. The molecule has 9 nitrogen and oxygen atoms in total. The quantitative estimate of drug-likeness (QED) is 0.498. The summed E-state index contributed by atoms with van der Waals surface area (Å²) in [7, 11) is 0. The van der Waals surface area contributed by atoms with Crippen molar-refractivity contribution in [2.45, 2.75) is 12.6 Å². The lowest BCUT2D eigenvalue weighted by Gasteiger charge is -2.42. The fourth-order valence-electron chi connectivity index (χ4n) is 3.34. The third-order valence-corrected chi connectivity index (χ3v) is 5.23. The molecule has 0 spiro atoms. The fourth-order valence-corrected chi connectivity index (χ4v) is 3.74. The first-order valence-electron chi connectivity index (χ1n) is 10.0. The van der Waals surface area contributed by atoms with Crippen molar-refractivity contribution in [2.75, 3.05) is 36.8 Å². The number of halogens is 2. The minimum absolute atomic E-state index is 0.190. The van der Waals surface area contributed by atoms with Crippen molar-refractivity contribution in [3.63, 3.8) is 0 Å². The molecular formula is C21H24BrFN6O3. The van der Waals surface area contributed by atoms with E-state index in [4.69, 9.17) is 5.73 Å². The molecule has 5 N–H and O–H groups in total. The van der Waals surface area contributed by atoms with E-state index in [1.165, 1.54) is 34.1 Å². The van der Waals surface area contributed by atoms with E-state index in [9.17, 15) is 18.8 Å². The van der Waals surface area contributed by atoms with Gasteiger partial charge in [-0.15, -0.1) is 0 Å². The predicted octanol–water partition coefficient (Wildman–Crippen LogP) is 2.76. The molecule has 2 aromatic rings. The molecule has 1 fully saturated rings. The molecule has 0 aromatic heterocycles. The molecule has 0 bridgehead atoms. The third-order valence-electron chi connectivity index (χ3n) is 4.74. The van der Waals surface area contributed by atoms with Gasteiger partial charge in [0.2, 0.25) is 0 Å². The van der Waals surface area contributed by atoms with Crippen molar-refractivity contribution in [2.24, 2.45) is 5.73 Å². The SMILES string of the molecule is NCCNC(=O)C1N(C(=O)Nc2cccc(F)c2)CCCN1C(=O)Nc1cccc(Br)c1. The lowest BCUT2D eigenvalue weighted by Crippen LogP contribution is -2.65. The van der Waals surface area contributed by atoms with Crippen LogP contribution in [0.3, 0.4) is 0 Å². The molecule has 0 aliphatic carbocycles. The van der Waals surface area contributed by atoms with Crippen LogP contribution in [0.25, 0.3) is 0 Å². The van der Waals surface area contributed by atoms with Crippen LogP contribution in [0.2, 0.25) is 0 Å². The zero-order valence-corrected chi connectivity index (χ0v) is 18.8. The number of hydrogen-bond acceptors (Lipinski definition) is 4. The smallest absolute Gasteiger partial charge is 0.323 e. The minimum atomic E-state index is -1.20. The van der Waals surface area contributed by atoms with Crippen LogP contribution in [0.15, 0.2) is 53.0 Å². The first-order valence-corrected chi connectivity index (χ1v) is 10.8. The van der Waals surface area contributed by atoms with Crippen LogP contribution in [-0.4, -0.2) is 60.1 Å². The summed E-state index contributed by atoms with van der Waals surface area (Å²) < 4.78 is 14.3. The zero-order chi connectivity index (χ0) is 23.1. The van der Waals surface area contributed by atoms with Gasteiger partial charge in [0.1, 0.15) is 5.82 Å². The number of nitrogens with two attached hydrogens (primary N) is 1. The lowest BCUT2D eigenvalue weighted by atomic mass is 10.2. The average Bonchev–Trinajstić information content (AvgIpc) is 2.77. The summed E-state index contributed by atoms with van der Waals surface area (Å²) in [6.45, 7) is 0.904. The number of carbonyl (C=O) groups is 3. The van der Waals surface area contributed by atoms with Crippen LogP contribution in [0, 0.1) is 5.82 Å². The van der Waals surface area contributed by atoms with E-state index in [0.29, 0.717) is 12.1 Å². The van der Waals surface area contributed by atoms with Gasteiger partial charge in [-0.2, -0.15) is 0 Å². The second kappa shape index (κ2) is 10.9. The van der Waals surface area contributed by atoms with Crippen molar-refractivity contribution in [3.8, 4) is 0 Å². The Kier molecular flexibility index (Phi) is 8.01. The van der Waals surface area contributed by atoms with E-state index in [1.807, 2.05) is 6.07 Å². The van der Waals surface area contributed by atoms with Gasteiger partial charge in [0.05, 0.1) is 0 Å². The lowest BCUT2D eigenvalue weighted by molar-refractivity contribution is -0.131. The summed E-state index contributed by atoms with van der Waals surface area (Å²) in [6.07, 6.45) is -0.737. The Morgan fingerprint density at radius 2 is 1.59 bits per heavy atom. The first-order chi connectivity index (χ1) is 15.4. The molecule has 2 aromatic carbocycles. The third kappa shape index (κ3) is 5.95. The van der Waals surface area contributed by atoms with Crippen molar-refractivity contribution < 1.29 is 18.8 Å². The van der Waals surface area contributed by atoms with Gasteiger partial charge >= 0.3 is 12.1 Å². The Hall–Kier alpha value is -3.18. The molecule has 1 heterocycles. The van der Waals surface area contributed by atoms with Gasteiger partial charge in [0.15, 0.2) is 6.17 Å². The van der Waals surface area contributed by atoms with Crippen molar-refractivity contribution in [1.29, 1.82) is 0 Å². The van der Waals surface area contributed by atoms with E-state index < -0.39 is 30.0 Å². The van der Waals surface area contributed by atoms with E-state index in [2.05, 4.69) is 31.9 Å². The van der Waals surface area contributed by atoms with Gasteiger partial charge in [-0.05, 0) is 42.8 Å². The average molecular weight is 507 g/mol. The number of amides is 5. The number of carbonyl (C=O) groups excluding carboxylic acids is 3. The van der Waals surface area contributed by atoms with Crippen LogP contribution in [0.1, 0.15) is 6.42 Å². The number of anilines is 2.